The van der Waals surface area contributed by atoms with E-state index in [0.29, 0.717) is 28.4 Å². The van der Waals surface area contributed by atoms with E-state index in [-0.39, 0.29) is 5.82 Å². The van der Waals surface area contributed by atoms with E-state index in [1.165, 1.54) is 12.1 Å². The minimum Gasteiger partial charge on any atom is -0.419 e. The fraction of sp³-hybridized carbons (Fsp3) is 0.0833. The molecule has 0 bridgehead atoms. The van der Waals surface area contributed by atoms with E-state index in [2.05, 4.69) is 31.1 Å². The van der Waals surface area contributed by atoms with E-state index in [1.807, 2.05) is 4.57 Å². The zero-order valence-electron chi connectivity index (χ0n) is 9.62. The highest BCUT2D eigenvalue weighted by Gasteiger charge is 2.12. The third kappa shape index (κ3) is 2.55. The van der Waals surface area contributed by atoms with Crippen LogP contribution in [0.15, 0.2) is 45.8 Å². The molecule has 5 nitrogen and oxygen atoms in total. The zero-order chi connectivity index (χ0) is 13.2. The highest BCUT2D eigenvalue weighted by Crippen LogP contribution is 2.27. The van der Waals surface area contributed by atoms with Crippen LogP contribution in [-0.4, -0.2) is 19.7 Å². The predicted octanol–water partition coefficient (Wildman–Crippen LogP) is 2.88. The van der Waals surface area contributed by atoms with Crippen molar-refractivity contribution >= 4 is 15.9 Å². The lowest BCUT2D eigenvalue weighted by molar-refractivity contribution is 0.488. The maximum absolute atomic E-state index is 13.0. The Labute approximate surface area is 116 Å². The van der Waals surface area contributed by atoms with Gasteiger partial charge in [-0.05, 0) is 34.1 Å². The van der Waals surface area contributed by atoms with Crippen molar-refractivity contribution in [1.82, 2.24) is 19.7 Å². The van der Waals surface area contributed by atoms with Crippen molar-refractivity contribution < 1.29 is 8.81 Å². The van der Waals surface area contributed by atoms with E-state index >= 15 is 0 Å². The molecule has 3 aromatic rings. The second-order valence-corrected chi connectivity index (χ2v) is 4.71. The molecular formula is C12H8BrFN4O. The Hall–Kier alpha value is -2.02. The van der Waals surface area contributed by atoms with Gasteiger partial charge in [-0.25, -0.2) is 9.37 Å². The highest BCUT2D eigenvalue weighted by atomic mass is 79.9. The van der Waals surface area contributed by atoms with Crippen LogP contribution < -0.4 is 0 Å². The summed E-state index contributed by atoms with van der Waals surface area (Å²) in [5.74, 6) is 0.486. The first-order chi connectivity index (χ1) is 9.22. The standard InChI is InChI=1S/C12H8BrFN4O/c13-10-5-8(14)1-2-9(10)12-17-16-11(19-12)6-18-4-3-15-7-18/h1-5,7H,6H2. The fourth-order valence-corrected chi connectivity index (χ4v) is 2.15. The number of aromatic nitrogens is 4. The Morgan fingerprint density at radius 3 is 2.95 bits per heavy atom. The highest BCUT2D eigenvalue weighted by molar-refractivity contribution is 9.10. The van der Waals surface area contributed by atoms with Crippen molar-refractivity contribution in [2.45, 2.75) is 6.54 Å². The lowest BCUT2D eigenvalue weighted by Crippen LogP contribution is -1.96. The van der Waals surface area contributed by atoms with Gasteiger partial charge in [0.1, 0.15) is 12.4 Å². The summed E-state index contributed by atoms with van der Waals surface area (Å²) in [7, 11) is 0. The summed E-state index contributed by atoms with van der Waals surface area (Å²) in [6.07, 6.45) is 5.14. The Balaban J connectivity index is 1.88. The summed E-state index contributed by atoms with van der Waals surface area (Å²) >= 11 is 3.27. The lowest BCUT2D eigenvalue weighted by atomic mass is 10.2. The van der Waals surface area contributed by atoms with Gasteiger partial charge in [0.2, 0.25) is 11.8 Å². The van der Waals surface area contributed by atoms with Crippen molar-refractivity contribution in [3.8, 4) is 11.5 Å². The smallest absolute Gasteiger partial charge is 0.248 e. The second-order valence-electron chi connectivity index (χ2n) is 3.86. The average Bonchev–Trinajstić information content (AvgIpc) is 3.01. The monoisotopic (exact) mass is 322 g/mol. The maximum Gasteiger partial charge on any atom is 0.248 e. The molecule has 0 saturated carbocycles. The minimum atomic E-state index is -0.325. The first kappa shape index (κ1) is 12.0. The van der Waals surface area contributed by atoms with Crippen LogP contribution in [0.3, 0.4) is 0 Å². The first-order valence-corrected chi connectivity index (χ1v) is 6.25. The van der Waals surface area contributed by atoms with Crippen molar-refractivity contribution in [3.05, 3.63) is 53.1 Å². The van der Waals surface area contributed by atoms with Gasteiger partial charge in [-0.2, -0.15) is 0 Å². The van der Waals surface area contributed by atoms with Crippen molar-refractivity contribution in [2.75, 3.05) is 0 Å². The molecule has 0 radical (unpaired) electrons. The summed E-state index contributed by atoms with van der Waals surface area (Å²) in [4.78, 5) is 3.93. The molecular weight excluding hydrogens is 315 g/mol. The van der Waals surface area contributed by atoms with Crippen LogP contribution in [0.25, 0.3) is 11.5 Å². The summed E-state index contributed by atoms with van der Waals surface area (Å²) in [5.41, 5.74) is 0.658. The molecule has 0 aliphatic carbocycles. The van der Waals surface area contributed by atoms with E-state index in [4.69, 9.17) is 4.42 Å². The molecule has 7 heteroatoms. The van der Waals surface area contributed by atoms with Crippen molar-refractivity contribution in [2.24, 2.45) is 0 Å². The van der Waals surface area contributed by atoms with Gasteiger partial charge in [0, 0.05) is 16.9 Å². The van der Waals surface area contributed by atoms with Gasteiger partial charge in [0.25, 0.3) is 0 Å². The molecule has 0 spiro atoms. The molecule has 0 amide bonds. The number of hydrogen-bond donors (Lipinski definition) is 0. The van der Waals surface area contributed by atoms with Crippen LogP contribution in [0.5, 0.6) is 0 Å². The topological polar surface area (TPSA) is 56.7 Å². The predicted molar refractivity (Wildman–Crippen MR) is 68.7 cm³/mol. The van der Waals surface area contributed by atoms with Gasteiger partial charge < -0.3 is 8.98 Å². The average molecular weight is 323 g/mol. The fourth-order valence-electron chi connectivity index (χ4n) is 1.63. The molecule has 1 aromatic carbocycles. The Morgan fingerprint density at radius 1 is 1.32 bits per heavy atom. The van der Waals surface area contributed by atoms with Crippen LogP contribution in [0, 0.1) is 5.82 Å². The van der Waals surface area contributed by atoms with Gasteiger partial charge in [-0.15, -0.1) is 10.2 Å². The summed E-state index contributed by atoms with van der Waals surface area (Å²) in [6, 6.07) is 4.29. The van der Waals surface area contributed by atoms with Gasteiger partial charge in [-0.3, -0.25) is 0 Å². The number of nitrogens with zero attached hydrogens (tertiary/aromatic N) is 4. The Bertz CT molecular complexity index is 696. The molecule has 0 atom stereocenters. The number of hydrogen-bond acceptors (Lipinski definition) is 4. The number of rotatable bonds is 3. The Kier molecular flexibility index (Phi) is 3.12. The quantitative estimate of drug-likeness (QED) is 0.744. The van der Waals surface area contributed by atoms with Crippen LogP contribution >= 0.6 is 15.9 Å². The van der Waals surface area contributed by atoms with Crippen molar-refractivity contribution in [1.29, 1.82) is 0 Å². The second kappa shape index (κ2) is 4.93. The van der Waals surface area contributed by atoms with Crippen LogP contribution in [0.1, 0.15) is 5.89 Å². The van der Waals surface area contributed by atoms with Crippen LogP contribution in [0.4, 0.5) is 4.39 Å². The van der Waals surface area contributed by atoms with E-state index in [9.17, 15) is 4.39 Å². The molecule has 0 fully saturated rings. The van der Waals surface area contributed by atoms with E-state index < -0.39 is 0 Å². The normalized spacial score (nSPS) is 10.8. The van der Waals surface area contributed by atoms with Gasteiger partial charge >= 0.3 is 0 Å². The zero-order valence-corrected chi connectivity index (χ0v) is 11.2. The van der Waals surface area contributed by atoms with E-state index in [1.54, 1.807) is 24.8 Å². The summed E-state index contributed by atoms with van der Waals surface area (Å²) in [5, 5.41) is 7.91. The maximum atomic E-state index is 13.0. The minimum absolute atomic E-state index is 0.325. The molecule has 19 heavy (non-hydrogen) atoms. The largest absolute Gasteiger partial charge is 0.419 e. The third-order valence-corrected chi connectivity index (χ3v) is 3.16. The van der Waals surface area contributed by atoms with Crippen molar-refractivity contribution in [3.63, 3.8) is 0 Å². The molecule has 2 aromatic heterocycles. The molecule has 0 saturated heterocycles. The first-order valence-electron chi connectivity index (χ1n) is 5.46. The lowest BCUT2D eigenvalue weighted by Gasteiger charge is -1.99. The molecule has 0 N–H and O–H groups in total. The SMILES string of the molecule is Fc1ccc(-c2nnc(Cn3ccnc3)o2)c(Br)c1. The summed E-state index contributed by atoms with van der Waals surface area (Å²) < 4.78 is 20.9. The van der Waals surface area contributed by atoms with Crippen LogP contribution in [0.2, 0.25) is 0 Å². The number of imidazole rings is 1. The molecule has 3 rings (SSSR count). The summed E-state index contributed by atoms with van der Waals surface area (Å²) in [6.45, 7) is 0.450. The molecule has 0 aliphatic heterocycles. The van der Waals surface area contributed by atoms with E-state index in [0.717, 1.165) is 0 Å². The Morgan fingerprint density at radius 2 is 2.21 bits per heavy atom. The molecule has 96 valence electrons. The van der Waals surface area contributed by atoms with Gasteiger partial charge in [0.05, 0.1) is 11.9 Å². The van der Waals surface area contributed by atoms with Gasteiger partial charge in [0.15, 0.2) is 0 Å². The number of benzene rings is 1. The molecule has 2 heterocycles. The molecule has 0 unspecified atom stereocenters. The van der Waals surface area contributed by atoms with Crippen LogP contribution in [-0.2, 0) is 6.54 Å². The third-order valence-electron chi connectivity index (χ3n) is 2.51. The van der Waals surface area contributed by atoms with Gasteiger partial charge in [-0.1, -0.05) is 0 Å². The number of halogens is 2. The molecule has 0 aliphatic rings.